The van der Waals surface area contributed by atoms with Crippen LogP contribution in [0.15, 0.2) is 28.7 Å². The number of nitrogens with zero attached hydrogens (tertiary/aromatic N) is 1. The van der Waals surface area contributed by atoms with Crippen LogP contribution in [0, 0.1) is 17.8 Å². The van der Waals surface area contributed by atoms with Crippen molar-refractivity contribution >= 4 is 32.8 Å². The Hall–Kier alpha value is -1.42. The van der Waals surface area contributed by atoms with Crippen molar-refractivity contribution in [2.45, 2.75) is 43.9 Å². The fourth-order valence-corrected chi connectivity index (χ4v) is 6.43. The molecule has 4 heteroatoms. The first-order chi connectivity index (χ1) is 11.5. The maximum absolute atomic E-state index is 11.9. The molecule has 1 aromatic carbocycles. The van der Waals surface area contributed by atoms with Crippen molar-refractivity contribution in [1.29, 1.82) is 0 Å². The van der Waals surface area contributed by atoms with E-state index in [0.29, 0.717) is 5.56 Å². The van der Waals surface area contributed by atoms with Gasteiger partial charge in [-0.05, 0) is 80.5 Å². The molecular formula is C20H20BrNO2. The number of carboxylic acids is 1. The predicted octanol–water partition coefficient (Wildman–Crippen LogP) is 5.16. The van der Waals surface area contributed by atoms with Gasteiger partial charge in [0.1, 0.15) is 0 Å². The number of carboxylic acid groups (broad SMARTS) is 1. The van der Waals surface area contributed by atoms with E-state index in [1.807, 2.05) is 24.3 Å². The quantitative estimate of drug-likeness (QED) is 0.775. The highest BCUT2D eigenvalue weighted by Crippen LogP contribution is 2.60. The topological polar surface area (TPSA) is 50.2 Å². The molecule has 0 radical (unpaired) electrons. The summed E-state index contributed by atoms with van der Waals surface area (Å²) >= 11 is 3.45. The van der Waals surface area contributed by atoms with E-state index in [2.05, 4.69) is 15.9 Å². The molecule has 1 heterocycles. The van der Waals surface area contributed by atoms with Crippen LogP contribution in [0.5, 0.6) is 0 Å². The maximum Gasteiger partial charge on any atom is 0.336 e. The Labute approximate surface area is 149 Å². The SMILES string of the molecule is O=C(O)c1cc(C23CC4CC(CC(C4)C2)C3)nc2ccc(Br)cc12. The molecule has 6 rings (SSSR count). The Morgan fingerprint density at radius 1 is 1.08 bits per heavy atom. The van der Waals surface area contributed by atoms with Crippen molar-refractivity contribution in [1.82, 2.24) is 4.98 Å². The van der Waals surface area contributed by atoms with Gasteiger partial charge in [-0.25, -0.2) is 4.79 Å². The molecule has 1 aromatic heterocycles. The van der Waals surface area contributed by atoms with Crippen molar-refractivity contribution in [2.24, 2.45) is 17.8 Å². The third kappa shape index (κ3) is 2.15. The van der Waals surface area contributed by atoms with Crippen LogP contribution in [0.1, 0.15) is 54.6 Å². The van der Waals surface area contributed by atoms with Crippen molar-refractivity contribution in [2.75, 3.05) is 0 Å². The van der Waals surface area contributed by atoms with E-state index in [4.69, 9.17) is 4.98 Å². The Balaban J connectivity index is 1.70. The fraction of sp³-hybridized carbons (Fsp3) is 0.500. The normalized spacial score (nSPS) is 34.0. The van der Waals surface area contributed by atoms with Gasteiger partial charge < -0.3 is 5.11 Å². The van der Waals surface area contributed by atoms with E-state index in [9.17, 15) is 9.90 Å². The Morgan fingerprint density at radius 3 is 2.29 bits per heavy atom. The highest BCUT2D eigenvalue weighted by atomic mass is 79.9. The molecule has 0 atom stereocenters. The van der Waals surface area contributed by atoms with Crippen LogP contribution in [-0.4, -0.2) is 16.1 Å². The van der Waals surface area contributed by atoms with Gasteiger partial charge in [0.15, 0.2) is 0 Å². The zero-order valence-corrected chi connectivity index (χ0v) is 15.1. The molecule has 4 bridgehead atoms. The zero-order valence-electron chi connectivity index (χ0n) is 13.5. The lowest BCUT2D eigenvalue weighted by Gasteiger charge is -2.56. The second kappa shape index (κ2) is 5.04. The molecule has 124 valence electrons. The van der Waals surface area contributed by atoms with Crippen LogP contribution in [0.3, 0.4) is 0 Å². The highest BCUT2D eigenvalue weighted by Gasteiger charge is 2.52. The molecule has 0 unspecified atom stereocenters. The first kappa shape index (κ1) is 14.9. The zero-order chi connectivity index (χ0) is 16.5. The molecule has 24 heavy (non-hydrogen) atoms. The van der Waals surface area contributed by atoms with Gasteiger partial charge in [0.25, 0.3) is 0 Å². The molecule has 0 spiro atoms. The lowest BCUT2D eigenvalue weighted by Crippen LogP contribution is -2.49. The standard InChI is InChI=1S/C20H20BrNO2/c21-14-1-2-17-15(6-14)16(19(23)24)7-18(22-17)20-8-11-3-12(9-20)5-13(4-11)10-20/h1-2,6-7,11-13H,3-5,8-10H2,(H,23,24). The largest absolute Gasteiger partial charge is 0.478 e. The van der Waals surface area contributed by atoms with Gasteiger partial charge in [0.2, 0.25) is 0 Å². The summed E-state index contributed by atoms with van der Waals surface area (Å²) < 4.78 is 0.891. The van der Waals surface area contributed by atoms with E-state index in [0.717, 1.165) is 38.8 Å². The van der Waals surface area contributed by atoms with Crippen molar-refractivity contribution in [3.8, 4) is 0 Å². The summed E-state index contributed by atoms with van der Waals surface area (Å²) in [5, 5.41) is 10.5. The van der Waals surface area contributed by atoms with Gasteiger partial charge in [0, 0.05) is 21.0 Å². The smallest absolute Gasteiger partial charge is 0.336 e. The lowest BCUT2D eigenvalue weighted by molar-refractivity contribution is -0.00708. The number of carbonyl (C=O) groups is 1. The number of hydrogen-bond donors (Lipinski definition) is 1. The van der Waals surface area contributed by atoms with Crippen molar-refractivity contribution in [3.05, 3.63) is 40.0 Å². The molecule has 1 N–H and O–H groups in total. The van der Waals surface area contributed by atoms with Gasteiger partial charge in [-0.15, -0.1) is 0 Å². The highest BCUT2D eigenvalue weighted by molar-refractivity contribution is 9.10. The van der Waals surface area contributed by atoms with Crippen LogP contribution in [-0.2, 0) is 5.41 Å². The van der Waals surface area contributed by atoms with Crippen LogP contribution in [0.25, 0.3) is 10.9 Å². The van der Waals surface area contributed by atoms with E-state index in [1.54, 1.807) is 0 Å². The number of hydrogen-bond acceptors (Lipinski definition) is 2. The first-order valence-corrected chi connectivity index (χ1v) is 9.66. The van der Waals surface area contributed by atoms with Gasteiger partial charge in [-0.2, -0.15) is 0 Å². The monoisotopic (exact) mass is 385 g/mol. The number of aromatic carboxylic acids is 1. The Morgan fingerprint density at radius 2 is 1.71 bits per heavy atom. The van der Waals surface area contributed by atoms with Gasteiger partial charge in [-0.1, -0.05) is 15.9 Å². The third-order valence-electron chi connectivity index (χ3n) is 6.58. The van der Waals surface area contributed by atoms with Crippen molar-refractivity contribution in [3.63, 3.8) is 0 Å². The molecule has 0 amide bonds. The van der Waals surface area contributed by atoms with E-state index in [1.165, 1.54) is 38.5 Å². The molecule has 0 saturated heterocycles. The summed E-state index contributed by atoms with van der Waals surface area (Å²) in [6.45, 7) is 0. The summed E-state index contributed by atoms with van der Waals surface area (Å²) in [5.74, 6) is 1.62. The van der Waals surface area contributed by atoms with E-state index in [-0.39, 0.29) is 5.41 Å². The number of benzene rings is 1. The molecule has 2 aromatic rings. The Kier molecular flexibility index (Phi) is 3.13. The van der Waals surface area contributed by atoms with Crippen LogP contribution in [0.4, 0.5) is 0 Å². The predicted molar refractivity (Wildman–Crippen MR) is 96.3 cm³/mol. The average Bonchev–Trinajstić information content (AvgIpc) is 2.52. The van der Waals surface area contributed by atoms with Crippen LogP contribution in [0.2, 0.25) is 0 Å². The van der Waals surface area contributed by atoms with Crippen molar-refractivity contribution < 1.29 is 9.90 Å². The van der Waals surface area contributed by atoms with Crippen LogP contribution < -0.4 is 0 Å². The maximum atomic E-state index is 11.9. The number of aromatic nitrogens is 1. The van der Waals surface area contributed by atoms with E-state index < -0.39 is 5.97 Å². The summed E-state index contributed by atoms with van der Waals surface area (Å²) in [4.78, 5) is 16.8. The summed E-state index contributed by atoms with van der Waals surface area (Å²) in [6.07, 6.45) is 7.75. The second-order valence-electron chi connectivity index (χ2n) is 8.22. The second-order valence-corrected chi connectivity index (χ2v) is 9.14. The van der Waals surface area contributed by atoms with Gasteiger partial charge in [0.05, 0.1) is 11.1 Å². The molecule has 3 nitrogen and oxygen atoms in total. The molecule has 4 aliphatic carbocycles. The summed E-state index contributed by atoms with van der Waals surface area (Å²) in [5.41, 5.74) is 2.37. The third-order valence-corrected chi connectivity index (χ3v) is 7.08. The summed E-state index contributed by atoms with van der Waals surface area (Å²) in [7, 11) is 0. The fourth-order valence-electron chi connectivity index (χ4n) is 6.07. The Bertz CT molecular complexity index is 825. The number of rotatable bonds is 2. The minimum Gasteiger partial charge on any atom is -0.478 e. The van der Waals surface area contributed by atoms with Gasteiger partial charge >= 0.3 is 5.97 Å². The summed E-state index contributed by atoms with van der Waals surface area (Å²) in [6, 6.07) is 7.64. The van der Waals surface area contributed by atoms with E-state index >= 15 is 0 Å². The number of halogens is 1. The molecular weight excluding hydrogens is 366 g/mol. The lowest BCUT2D eigenvalue weighted by atomic mass is 9.48. The number of pyridine rings is 1. The average molecular weight is 386 g/mol. The molecule has 4 aliphatic rings. The van der Waals surface area contributed by atoms with Gasteiger partial charge in [-0.3, -0.25) is 4.98 Å². The minimum absolute atomic E-state index is 0.125. The molecule has 0 aliphatic heterocycles. The van der Waals surface area contributed by atoms with Crippen LogP contribution >= 0.6 is 15.9 Å². The molecule has 4 saturated carbocycles. The minimum atomic E-state index is -0.855. The molecule has 4 fully saturated rings. The first-order valence-electron chi connectivity index (χ1n) is 8.86. The number of fused-ring (bicyclic) bond motifs is 1.